The Bertz CT molecular complexity index is 1330. The van der Waals surface area contributed by atoms with Gasteiger partial charge in [0.1, 0.15) is 12.7 Å². The highest BCUT2D eigenvalue weighted by Gasteiger charge is 2.23. The Labute approximate surface area is 176 Å². The lowest BCUT2D eigenvalue weighted by Gasteiger charge is -2.27. The summed E-state index contributed by atoms with van der Waals surface area (Å²) >= 11 is 0. The van der Waals surface area contributed by atoms with E-state index in [2.05, 4.69) is 82.9 Å². The molecule has 0 bridgehead atoms. The fourth-order valence-electron chi connectivity index (χ4n) is 5.11. The molecule has 5 aromatic rings. The van der Waals surface area contributed by atoms with E-state index in [1.165, 1.54) is 57.5 Å². The van der Waals surface area contributed by atoms with E-state index in [1.807, 2.05) is 4.68 Å². The maximum atomic E-state index is 4.21. The lowest BCUT2D eigenvalue weighted by Crippen LogP contribution is -2.12. The highest BCUT2D eigenvalue weighted by Crippen LogP contribution is 2.41. The standard InChI is InChI=1S/C27H23N3/c1-2-5-22-20(4-1)12-13-27-24-7-3-6-23(25(24)14-15-26(22)27)21-10-8-19(9-11-21)16-30-18-28-17-29-30/h1-2,4-5,8-15,17-18,23H,3,6-7,16H2. The van der Waals surface area contributed by atoms with Gasteiger partial charge in [-0.2, -0.15) is 5.10 Å². The van der Waals surface area contributed by atoms with Crippen LogP contribution in [-0.4, -0.2) is 14.8 Å². The Kier molecular flexibility index (Phi) is 4.12. The average Bonchev–Trinajstić information content (AvgIpc) is 3.32. The van der Waals surface area contributed by atoms with Crippen molar-refractivity contribution in [3.05, 3.63) is 108 Å². The van der Waals surface area contributed by atoms with Gasteiger partial charge in [-0.3, -0.25) is 0 Å². The van der Waals surface area contributed by atoms with Crippen molar-refractivity contribution < 1.29 is 0 Å². The third kappa shape index (κ3) is 2.89. The van der Waals surface area contributed by atoms with Crippen LogP contribution in [0.3, 0.4) is 0 Å². The van der Waals surface area contributed by atoms with Gasteiger partial charge in [0.05, 0.1) is 6.54 Å². The first kappa shape index (κ1) is 17.4. The summed E-state index contributed by atoms with van der Waals surface area (Å²) in [5, 5.41) is 9.70. The van der Waals surface area contributed by atoms with Gasteiger partial charge in [0, 0.05) is 5.92 Å². The molecule has 0 saturated carbocycles. The molecule has 4 aromatic carbocycles. The molecule has 146 valence electrons. The molecule has 1 atom stereocenters. The molecule has 0 radical (unpaired) electrons. The lowest BCUT2D eigenvalue weighted by molar-refractivity contribution is 0.618. The second-order valence-electron chi connectivity index (χ2n) is 8.29. The molecule has 0 spiro atoms. The van der Waals surface area contributed by atoms with E-state index >= 15 is 0 Å². The van der Waals surface area contributed by atoms with Crippen LogP contribution in [0.2, 0.25) is 0 Å². The van der Waals surface area contributed by atoms with Gasteiger partial charge in [0.2, 0.25) is 0 Å². The number of aromatic nitrogens is 3. The number of hydrogen-bond acceptors (Lipinski definition) is 2. The molecule has 3 heteroatoms. The minimum Gasteiger partial charge on any atom is -0.249 e. The van der Waals surface area contributed by atoms with E-state index in [0.717, 1.165) is 6.54 Å². The molecule has 0 fully saturated rings. The first-order valence-electron chi connectivity index (χ1n) is 10.7. The zero-order valence-corrected chi connectivity index (χ0v) is 16.8. The minimum absolute atomic E-state index is 0.477. The molecule has 1 aliphatic carbocycles. The van der Waals surface area contributed by atoms with Gasteiger partial charge in [-0.05, 0) is 63.1 Å². The van der Waals surface area contributed by atoms with Gasteiger partial charge in [-0.25, -0.2) is 9.67 Å². The Balaban J connectivity index is 1.40. The number of hydrogen-bond donors (Lipinski definition) is 0. The van der Waals surface area contributed by atoms with E-state index < -0.39 is 0 Å². The van der Waals surface area contributed by atoms with Crippen LogP contribution in [0.25, 0.3) is 21.5 Å². The SMILES string of the molecule is c1ccc2c(c1)ccc1c3c(ccc12)C(c1ccc(Cn2cncn2)cc1)CCC3. The van der Waals surface area contributed by atoms with Crippen LogP contribution >= 0.6 is 0 Å². The summed E-state index contributed by atoms with van der Waals surface area (Å²) in [5.74, 6) is 0.477. The van der Waals surface area contributed by atoms with Crippen LogP contribution in [0.5, 0.6) is 0 Å². The summed E-state index contributed by atoms with van der Waals surface area (Å²) in [5.41, 5.74) is 5.72. The fraction of sp³-hybridized carbons (Fsp3) is 0.185. The Hall–Kier alpha value is -3.46. The summed E-state index contributed by atoms with van der Waals surface area (Å²) < 4.78 is 1.86. The van der Waals surface area contributed by atoms with Crippen LogP contribution in [0.1, 0.15) is 41.0 Å². The normalized spacial score (nSPS) is 16.1. The first-order valence-corrected chi connectivity index (χ1v) is 10.7. The maximum absolute atomic E-state index is 4.21. The van der Waals surface area contributed by atoms with Crippen LogP contribution in [0.4, 0.5) is 0 Å². The van der Waals surface area contributed by atoms with E-state index in [4.69, 9.17) is 0 Å². The predicted octanol–water partition coefficient (Wildman–Crippen LogP) is 6.10. The molecule has 0 amide bonds. The van der Waals surface area contributed by atoms with Crippen molar-refractivity contribution in [3.8, 4) is 0 Å². The Morgan fingerprint density at radius 1 is 0.833 bits per heavy atom. The molecular formula is C27H23N3. The molecule has 0 N–H and O–H groups in total. The first-order chi connectivity index (χ1) is 14.9. The fourth-order valence-corrected chi connectivity index (χ4v) is 5.11. The van der Waals surface area contributed by atoms with Gasteiger partial charge in [-0.15, -0.1) is 0 Å². The van der Waals surface area contributed by atoms with Gasteiger partial charge in [-0.1, -0.05) is 72.8 Å². The zero-order chi connectivity index (χ0) is 19.9. The van der Waals surface area contributed by atoms with Gasteiger partial charge < -0.3 is 0 Å². The molecule has 3 nitrogen and oxygen atoms in total. The molecule has 1 aliphatic rings. The van der Waals surface area contributed by atoms with Crippen LogP contribution in [0.15, 0.2) is 85.5 Å². The zero-order valence-electron chi connectivity index (χ0n) is 16.8. The van der Waals surface area contributed by atoms with Crippen LogP contribution in [-0.2, 0) is 13.0 Å². The second kappa shape index (κ2) is 7.10. The van der Waals surface area contributed by atoms with E-state index in [9.17, 15) is 0 Å². The van der Waals surface area contributed by atoms with Crippen molar-refractivity contribution in [2.24, 2.45) is 0 Å². The van der Waals surface area contributed by atoms with Crippen molar-refractivity contribution in [2.45, 2.75) is 31.7 Å². The van der Waals surface area contributed by atoms with Crippen molar-refractivity contribution in [1.82, 2.24) is 14.8 Å². The monoisotopic (exact) mass is 389 g/mol. The average molecular weight is 390 g/mol. The molecule has 0 saturated heterocycles. The topological polar surface area (TPSA) is 30.7 Å². The summed E-state index contributed by atoms with van der Waals surface area (Å²) in [6.45, 7) is 0.763. The third-order valence-electron chi connectivity index (χ3n) is 6.56. The quantitative estimate of drug-likeness (QED) is 0.349. The molecule has 30 heavy (non-hydrogen) atoms. The lowest BCUT2D eigenvalue weighted by atomic mass is 9.77. The van der Waals surface area contributed by atoms with Crippen LogP contribution < -0.4 is 0 Å². The second-order valence-corrected chi connectivity index (χ2v) is 8.29. The van der Waals surface area contributed by atoms with E-state index in [-0.39, 0.29) is 0 Å². The smallest absolute Gasteiger partial charge is 0.137 e. The minimum atomic E-state index is 0.477. The largest absolute Gasteiger partial charge is 0.249 e. The molecule has 1 unspecified atom stereocenters. The Morgan fingerprint density at radius 3 is 2.57 bits per heavy atom. The Morgan fingerprint density at radius 2 is 1.70 bits per heavy atom. The molecule has 1 heterocycles. The summed E-state index contributed by atoms with van der Waals surface area (Å²) in [7, 11) is 0. The third-order valence-corrected chi connectivity index (χ3v) is 6.56. The van der Waals surface area contributed by atoms with Crippen molar-refractivity contribution >= 4 is 21.5 Å². The number of benzene rings is 4. The molecular weight excluding hydrogens is 366 g/mol. The van der Waals surface area contributed by atoms with Gasteiger partial charge in [0.25, 0.3) is 0 Å². The summed E-state index contributed by atoms with van der Waals surface area (Å²) in [6, 6.07) is 27.1. The van der Waals surface area contributed by atoms with E-state index in [0.29, 0.717) is 5.92 Å². The van der Waals surface area contributed by atoms with Gasteiger partial charge in [0.15, 0.2) is 0 Å². The number of aryl methyl sites for hydroxylation is 1. The van der Waals surface area contributed by atoms with Crippen LogP contribution in [0, 0.1) is 0 Å². The molecule has 6 rings (SSSR count). The van der Waals surface area contributed by atoms with E-state index in [1.54, 1.807) is 18.2 Å². The predicted molar refractivity (Wildman–Crippen MR) is 122 cm³/mol. The molecule has 1 aromatic heterocycles. The number of nitrogens with zero attached hydrogens (tertiary/aromatic N) is 3. The number of rotatable bonds is 3. The highest BCUT2D eigenvalue weighted by molar-refractivity contribution is 6.08. The highest BCUT2D eigenvalue weighted by atomic mass is 15.3. The van der Waals surface area contributed by atoms with Crippen molar-refractivity contribution in [2.75, 3.05) is 0 Å². The van der Waals surface area contributed by atoms with Crippen molar-refractivity contribution in [3.63, 3.8) is 0 Å². The maximum Gasteiger partial charge on any atom is 0.137 e. The summed E-state index contributed by atoms with van der Waals surface area (Å²) in [6.07, 6.45) is 6.98. The number of fused-ring (bicyclic) bond motifs is 5. The van der Waals surface area contributed by atoms with Crippen molar-refractivity contribution in [1.29, 1.82) is 0 Å². The summed E-state index contributed by atoms with van der Waals surface area (Å²) in [4.78, 5) is 4.03. The van der Waals surface area contributed by atoms with Gasteiger partial charge >= 0.3 is 0 Å². The molecule has 0 aliphatic heterocycles.